The van der Waals surface area contributed by atoms with Gasteiger partial charge in [0.15, 0.2) is 0 Å². The van der Waals surface area contributed by atoms with Gasteiger partial charge in [-0.15, -0.1) is 0 Å². The fraction of sp³-hybridized carbons (Fsp3) is 0.500. The maximum atomic E-state index is 13.6. The van der Waals surface area contributed by atoms with Gasteiger partial charge in [0.1, 0.15) is 17.5 Å². The van der Waals surface area contributed by atoms with Gasteiger partial charge in [-0.3, -0.25) is 5.32 Å². The number of halogens is 3. The Labute approximate surface area is 239 Å². The Morgan fingerprint density at radius 1 is 0.905 bits per heavy atom. The van der Waals surface area contributed by atoms with E-state index in [9.17, 15) is 23.1 Å². The first-order valence-corrected chi connectivity index (χ1v) is 13.5. The molecule has 1 amide bonds. The average molecular weight is 590 g/mol. The molecular formula is C26H30F3N9O4. The zero-order valence-electron chi connectivity index (χ0n) is 22.7. The summed E-state index contributed by atoms with van der Waals surface area (Å²) >= 11 is 0. The van der Waals surface area contributed by atoms with Crippen molar-refractivity contribution in [1.82, 2.24) is 29.9 Å². The lowest BCUT2D eigenvalue weighted by molar-refractivity contribution is -0.137. The summed E-state index contributed by atoms with van der Waals surface area (Å²) in [5, 5.41) is 15.4. The van der Waals surface area contributed by atoms with Gasteiger partial charge >= 0.3 is 18.3 Å². The van der Waals surface area contributed by atoms with Crippen molar-refractivity contribution in [2.75, 3.05) is 35.7 Å². The molecule has 5 rings (SSSR count). The quantitative estimate of drug-likeness (QED) is 0.367. The van der Waals surface area contributed by atoms with E-state index in [1.807, 2.05) is 0 Å². The van der Waals surface area contributed by atoms with E-state index in [0.29, 0.717) is 49.7 Å². The minimum atomic E-state index is -4.60. The fourth-order valence-corrected chi connectivity index (χ4v) is 4.85. The van der Waals surface area contributed by atoms with Crippen LogP contribution in [-0.4, -0.2) is 79.6 Å². The summed E-state index contributed by atoms with van der Waals surface area (Å²) in [6.45, 7) is 0.552. The zero-order chi connectivity index (χ0) is 29.7. The maximum Gasteiger partial charge on any atom is 0.421 e. The van der Waals surface area contributed by atoms with E-state index in [1.165, 1.54) is 24.4 Å². The predicted molar refractivity (Wildman–Crippen MR) is 144 cm³/mol. The van der Waals surface area contributed by atoms with E-state index < -0.39 is 23.9 Å². The number of anilines is 3. The van der Waals surface area contributed by atoms with Crippen LogP contribution in [0.5, 0.6) is 6.01 Å². The fourth-order valence-electron chi connectivity index (χ4n) is 4.85. The Morgan fingerprint density at radius 2 is 1.50 bits per heavy atom. The van der Waals surface area contributed by atoms with Crippen molar-refractivity contribution < 1.29 is 32.5 Å². The highest BCUT2D eigenvalue weighted by atomic mass is 19.4. The molecule has 1 aliphatic carbocycles. The Morgan fingerprint density at radius 3 is 2.10 bits per heavy atom. The first kappa shape index (κ1) is 29.2. The molecule has 4 heterocycles. The van der Waals surface area contributed by atoms with Gasteiger partial charge in [-0.05, 0) is 38.5 Å². The van der Waals surface area contributed by atoms with E-state index >= 15 is 0 Å². The number of piperidine rings is 1. The van der Waals surface area contributed by atoms with Crippen LogP contribution in [0, 0.1) is 0 Å². The topological polar surface area (TPSA) is 160 Å². The van der Waals surface area contributed by atoms with Crippen LogP contribution < -0.4 is 20.3 Å². The van der Waals surface area contributed by atoms with Crippen LogP contribution in [0.4, 0.5) is 35.7 Å². The molecule has 2 fully saturated rings. The highest BCUT2D eigenvalue weighted by Crippen LogP contribution is 2.37. The van der Waals surface area contributed by atoms with E-state index in [2.05, 4.69) is 40.5 Å². The van der Waals surface area contributed by atoms with Gasteiger partial charge in [-0.2, -0.15) is 18.2 Å². The number of hydrogen-bond donors (Lipinski definition) is 3. The van der Waals surface area contributed by atoms with Crippen molar-refractivity contribution in [1.29, 1.82) is 0 Å². The molecule has 0 spiro atoms. The molecule has 3 aromatic heterocycles. The second-order valence-corrected chi connectivity index (χ2v) is 10.0. The van der Waals surface area contributed by atoms with Crippen LogP contribution in [0.15, 0.2) is 31.0 Å². The van der Waals surface area contributed by atoms with Crippen molar-refractivity contribution in [2.24, 2.45) is 0 Å². The van der Waals surface area contributed by atoms with Gasteiger partial charge in [-0.25, -0.2) is 29.7 Å². The van der Waals surface area contributed by atoms with Gasteiger partial charge in [0, 0.05) is 61.2 Å². The Balaban J connectivity index is 1.11. The first-order valence-electron chi connectivity index (χ1n) is 13.5. The van der Waals surface area contributed by atoms with E-state index in [1.54, 1.807) is 12.4 Å². The standard InChI is InChI=1S/C26H30F3N9O4/c1-41-24-33-12-16(13-34-24)15-10-30-22(31-11-15)37-25(40)42-19-4-2-17(3-5-19)35-23-32-14-20(26(27,28)29)21(36-23)38-8-6-18(39)7-9-38/h10-14,17-19,39H,2-9H2,1H3,(H,32,35,36)(H,30,31,37,40)/t17-,19-. The summed E-state index contributed by atoms with van der Waals surface area (Å²) in [4.78, 5) is 38.4. The summed E-state index contributed by atoms with van der Waals surface area (Å²) in [7, 11) is 1.47. The van der Waals surface area contributed by atoms with Crippen molar-refractivity contribution in [3.8, 4) is 17.1 Å². The Bertz CT molecular complexity index is 1350. The number of carbonyl (C=O) groups is 1. The number of alkyl halides is 3. The number of methoxy groups -OCH3 is 1. The Kier molecular flexibility index (Phi) is 8.80. The van der Waals surface area contributed by atoms with Crippen molar-refractivity contribution >= 4 is 23.8 Å². The van der Waals surface area contributed by atoms with E-state index in [4.69, 9.17) is 9.47 Å². The molecule has 13 nitrogen and oxygen atoms in total. The summed E-state index contributed by atoms with van der Waals surface area (Å²) in [5.74, 6) is -0.00629. The van der Waals surface area contributed by atoms with E-state index in [0.717, 1.165) is 6.20 Å². The number of ether oxygens (including phenoxy) is 2. The molecule has 16 heteroatoms. The molecule has 3 aromatic rings. The number of amides is 1. The normalized spacial score (nSPS) is 19.7. The molecular weight excluding hydrogens is 559 g/mol. The number of aliphatic hydroxyl groups excluding tert-OH is 1. The summed E-state index contributed by atoms with van der Waals surface area (Å²) in [6, 6.07) is 0.140. The van der Waals surface area contributed by atoms with E-state index in [-0.39, 0.29) is 49.0 Å². The molecule has 1 saturated heterocycles. The number of hydrogen-bond acceptors (Lipinski definition) is 12. The molecule has 0 atom stereocenters. The number of aromatic nitrogens is 6. The molecule has 1 aliphatic heterocycles. The van der Waals surface area contributed by atoms with Gasteiger partial charge in [-0.1, -0.05) is 0 Å². The second kappa shape index (κ2) is 12.7. The largest absolute Gasteiger partial charge is 0.467 e. The molecule has 3 N–H and O–H groups in total. The van der Waals surface area contributed by atoms with Gasteiger partial charge in [0.05, 0.1) is 13.2 Å². The minimum absolute atomic E-state index is 0.0759. The number of aliphatic hydroxyl groups is 1. The third-order valence-corrected chi connectivity index (χ3v) is 7.13. The zero-order valence-corrected chi connectivity index (χ0v) is 22.7. The van der Waals surface area contributed by atoms with Gasteiger partial charge < -0.3 is 24.8 Å². The monoisotopic (exact) mass is 589 g/mol. The molecule has 0 unspecified atom stereocenters. The second-order valence-electron chi connectivity index (χ2n) is 10.0. The number of nitrogens with zero attached hydrogens (tertiary/aromatic N) is 7. The average Bonchev–Trinajstić information content (AvgIpc) is 2.98. The van der Waals surface area contributed by atoms with Crippen molar-refractivity contribution in [3.63, 3.8) is 0 Å². The first-order chi connectivity index (χ1) is 20.2. The third-order valence-electron chi connectivity index (χ3n) is 7.13. The summed E-state index contributed by atoms with van der Waals surface area (Å²) in [6.07, 6.45) is 3.86. The molecule has 0 bridgehead atoms. The van der Waals surface area contributed by atoms with Crippen LogP contribution in [-0.2, 0) is 10.9 Å². The molecule has 1 saturated carbocycles. The van der Waals surface area contributed by atoms with Crippen molar-refractivity contribution in [3.05, 3.63) is 36.5 Å². The molecule has 224 valence electrons. The SMILES string of the molecule is COc1ncc(-c2cnc(NC(=O)O[C@H]3CC[C@H](Nc4ncc(C(F)(F)F)c(N5CCC(O)CC5)n4)CC3)nc2)cn1. The highest BCUT2D eigenvalue weighted by Gasteiger charge is 2.38. The van der Waals surface area contributed by atoms with Crippen LogP contribution >= 0.6 is 0 Å². The number of rotatable bonds is 7. The summed E-state index contributed by atoms with van der Waals surface area (Å²) in [5.41, 5.74) is 0.432. The minimum Gasteiger partial charge on any atom is -0.467 e. The molecule has 2 aliphatic rings. The van der Waals surface area contributed by atoms with Gasteiger partial charge in [0.25, 0.3) is 0 Å². The van der Waals surface area contributed by atoms with Crippen LogP contribution in [0.1, 0.15) is 44.1 Å². The van der Waals surface area contributed by atoms with Crippen LogP contribution in [0.25, 0.3) is 11.1 Å². The lowest BCUT2D eigenvalue weighted by Gasteiger charge is -2.32. The van der Waals surface area contributed by atoms with Crippen LogP contribution in [0.3, 0.4) is 0 Å². The number of nitrogens with one attached hydrogen (secondary N) is 2. The maximum absolute atomic E-state index is 13.6. The molecule has 0 aromatic carbocycles. The predicted octanol–water partition coefficient (Wildman–Crippen LogP) is 3.68. The Hall–Kier alpha value is -4.34. The highest BCUT2D eigenvalue weighted by molar-refractivity contribution is 5.82. The molecule has 42 heavy (non-hydrogen) atoms. The van der Waals surface area contributed by atoms with Gasteiger partial charge in [0.2, 0.25) is 11.9 Å². The smallest absolute Gasteiger partial charge is 0.421 e. The summed E-state index contributed by atoms with van der Waals surface area (Å²) < 4.78 is 51.3. The lowest BCUT2D eigenvalue weighted by Crippen LogP contribution is -2.38. The lowest BCUT2D eigenvalue weighted by atomic mass is 9.93. The van der Waals surface area contributed by atoms with Crippen LogP contribution in [0.2, 0.25) is 0 Å². The third kappa shape index (κ3) is 7.29. The number of carbonyl (C=O) groups excluding carboxylic acids is 1. The van der Waals surface area contributed by atoms with Crippen molar-refractivity contribution in [2.45, 2.75) is 63.0 Å². The molecule has 0 radical (unpaired) electrons.